The summed E-state index contributed by atoms with van der Waals surface area (Å²) in [5.41, 5.74) is 5.21. The Morgan fingerprint density at radius 2 is 1.54 bits per heavy atom. The molecule has 26 heavy (non-hydrogen) atoms. The van der Waals surface area contributed by atoms with Crippen molar-refractivity contribution in [3.63, 3.8) is 0 Å². The maximum absolute atomic E-state index is 14.0. The van der Waals surface area contributed by atoms with E-state index < -0.39 is 5.82 Å². The Hall–Kier alpha value is -3.05. The first kappa shape index (κ1) is 17.8. The fourth-order valence-corrected chi connectivity index (χ4v) is 2.65. The molecule has 0 N–H and O–H groups in total. The Morgan fingerprint density at radius 1 is 0.885 bits per heavy atom. The third kappa shape index (κ3) is 4.32. The minimum absolute atomic E-state index is 0.326. The summed E-state index contributed by atoms with van der Waals surface area (Å²) in [5, 5.41) is 2.22. The molecule has 0 spiro atoms. The van der Waals surface area contributed by atoms with Crippen molar-refractivity contribution in [3.8, 4) is 23.0 Å². The number of benzene rings is 3. The zero-order chi connectivity index (χ0) is 18.4. The van der Waals surface area contributed by atoms with Gasteiger partial charge in [-0.15, -0.1) is 0 Å². The van der Waals surface area contributed by atoms with Crippen LogP contribution in [-0.4, -0.2) is 5.16 Å². The van der Waals surface area contributed by atoms with Crippen LogP contribution in [-0.2, 0) is 6.42 Å². The molecule has 0 aliphatic heterocycles. The summed E-state index contributed by atoms with van der Waals surface area (Å²) in [7, 11) is 0. The molecule has 0 amide bonds. The van der Waals surface area contributed by atoms with Crippen LogP contribution in [0.25, 0.3) is 11.1 Å². The molecule has 0 aliphatic carbocycles. The molecule has 126 valence electrons. The van der Waals surface area contributed by atoms with Gasteiger partial charge >= 0.3 is 0 Å². The van der Waals surface area contributed by atoms with Gasteiger partial charge in [0, 0.05) is 11.6 Å². The van der Waals surface area contributed by atoms with E-state index in [0.29, 0.717) is 11.3 Å². The second-order valence-corrected chi connectivity index (χ2v) is 5.93. The molecule has 0 saturated carbocycles. The molecule has 0 radical (unpaired) electrons. The van der Waals surface area contributed by atoms with Gasteiger partial charge in [-0.05, 0) is 59.6 Å². The van der Waals surface area contributed by atoms with E-state index in [1.807, 2.05) is 24.3 Å². The van der Waals surface area contributed by atoms with Crippen LogP contribution in [0.15, 0.2) is 71.7 Å². The van der Waals surface area contributed by atoms with Crippen LogP contribution < -0.4 is 0 Å². The third-order valence-electron chi connectivity index (χ3n) is 4.05. The predicted octanol–water partition coefficient (Wildman–Crippen LogP) is 6.19. The number of isothiocyanates is 1. The van der Waals surface area contributed by atoms with Crippen LogP contribution in [0.1, 0.15) is 23.6 Å². The summed E-state index contributed by atoms with van der Waals surface area (Å²) < 4.78 is 14.0. The molecule has 0 heterocycles. The highest BCUT2D eigenvalue weighted by Gasteiger charge is 2.01. The highest BCUT2D eigenvalue weighted by Crippen LogP contribution is 2.21. The number of thiocarbonyl (C=S) groups is 1. The van der Waals surface area contributed by atoms with Crippen LogP contribution in [0.4, 0.5) is 10.1 Å². The number of aliphatic imine (C=N–C) groups is 1. The normalized spacial score (nSPS) is 9.77. The van der Waals surface area contributed by atoms with Crippen LogP contribution in [0.2, 0.25) is 0 Å². The van der Waals surface area contributed by atoms with Gasteiger partial charge in [-0.1, -0.05) is 55.2 Å². The fourth-order valence-electron chi connectivity index (χ4n) is 2.55. The number of rotatable bonds is 3. The second-order valence-electron chi connectivity index (χ2n) is 5.75. The molecule has 0 aliphatic rings. The van der Waals surface area contributed by atoms with Crippen molar-refractivity contribution in [1.82, 2.24) is 0 Å². The summed E-state index contributed by atoms with van der Waals surface area (Å²) in [6.45, 7) is 2.14. The summed E-state index contributed by atoms with van der Waals surface area (Å²) in [6, 6.07) is 21.0. The average Bonchev–Trinajstić information content (AvgIpc) is 2.68. The van der Waals surface area contributed by atoms with Gasteiger partial charge in [0.25, 0.3) is 0 Å². The quantitative estimate of drug-likeness (QED) is 0.309. The summed E-state index contributed by atoms with van der Waals surface area (Å²) in [5.74, 6) is 5.43. The van der Waals surface area contributed by atoms with Crippen LogP contribution in [0.3, 0.4) is 0 Å². The highest BCUT2D eigenvalue weighted by atomic mass is 32.1. The summed E-state index contributed by atoms with van der Waals surface area (Å²) >= 11 is 4.52. The topological polar surface area (TPSA) is 12.4 Å². The van der Waals surface area contributed by atoms with E-state index in [0.717, 1.165) is 17.5 Å². The molecule has 3 rings (SSSR count). The second kappa shape index (κ2) is 8.36. The van der Waals surface area contributed by atoms with E-state index in [9.17, 15) is 4.39 Å². The molecule has 1 nitrogen and oxygen atoms in total. The molecule has 0 bridgehead atoms. The fraction of sp³-hybridized carbons (Fsp3) is 0.0870. The lowest BCUT2D eigenvalue weighted by molar-refractivity contribution is 0.625. The summed E-state index contributed by atoms with van der Waals surface area (Å²) in [6.07, 6.45) is 1.03. The average molecular weight is 357 g/mol. The Kier molecular flexibility index (Phi) is 5.71. The van der Waals surface area contributed by atoms with E-state index in [-0.39, 0.29) is 0 Å². The first-order chi connectivity index (χ1) is 12.7. The number of aryl methyl sites for hydroxylation is 1. The van der Waals surface area contributed by atoms with Crippen molar-refractivity contribution >= 4 is 23.1 Å². The van der Waals surface area contributed by atoms with Crippen LogP contribution >= 0.6 is 12.2 Å². The SMILES string of the molecule is CCc1ccc(-c2ccc(C#Cc3ccc(N=C=S)cc3F)cc2)cc1. The lowest BCUT2D eigenvalue weighted by Gasteiger charge is -2.03. The Bertz CT molecular complexity index is 1020. The van der Waals surface area contributed by atoms with Crippen molar-refractivity contribution in [2.45, 2.75) is 13.3 Å². The standard InChI is InChI=1S/C23H16FNS/c1-2-17-3-8-19(9-4-17)20-10-5-18(6-11-20)7-12-21-13-14-22(25-16-26)15-23(21)24/h3-6,8-11,13-15H,2H2,1H3. The van der Waals surface area contributed by atoms with Gasteiger partial charge in [-0.25, -0.2) is 4.39 Å². The Morgan fingerprint density at radius 3 is 2.12 bits per heavy atom. The molecular formula is C23H16FNS. The maximum atomic E-state index is 14.0. The van der Waals surface area contributed by atoms with Crippen molar-refractivity contribution in [2.24, 2.45) is 4.99 Å². The molecule has 0 atom stereocenters. The van der Waals surface area contributed by atoms with Gasteiger partial charge in [0.2, 0.25) is 0 Å². The van der Waals surface area contributed by atoms with Gasteiger partial charge in [-0.3, -0.25) is 0 Å². The first-order valence-electron chi connectivity index (χ1n) is 8.28. The van der Waals surface area contributed by atoms with Gasteiger partial charge < -0.3 is 0 Å². The molecule has 0 unspecified atom stereocenters. The summed E-state index contributed by atoms with van der Waals surface area (Å²) in [4.78, 5) is 3.75. The van der Waals surface area contributed by atoms with Gasteiger partial charge in [-0.2, -0.15) is 4.99 Å². The maximum Gasteiger partial charge on any atom is 0.141 e. The zero-order valence-electron chi connectivity index (χ0n) is 14.3. The number of hydrogen-bond acceptors (Lipinski definition) is 2. The largest absolute Gasteiger partial charge is 0.206 e. The van der Waals surface area contributed by atoms with E-state index >= 15 is 0 Å². The Labute approximate surface area is 158 Å². The third-order valence-corrected chi connectivity index (χ3v) is 4.14. The lowest BCUT2D eigenvalue weighted by atomic mass is 10.0. The number of nitrogens with zero attached hydrogens (tertiary/aromatic N) is 1. The van der Waals surface area contributed by atoms with Gasteiger partial charge in [0.1, 0.15) is 5.82 Å². The Balaban J connectivity index is 1.79. The van der Waals surface area contributed by atoms with E-state index in [4.69, 9.17) is 0 Å². The molecule has 3 heteroatoms. The van der Waals surface area contributed by atoms with Crippen molar-refractivity contribution in [2.75, 3.05) is 0 Å². The molecule has 3 aromatic carbocycles. The molecule has 3 aromatic rings. The molecule has 0 saturated heterocycles. The number of halogens is 1. The molecular weight excluding hydrogens is 341 g/mol. The lowest BCUT2D eigenvalue weighted by Crippen LogP contribution is -1.84. The van der Waals surface area contributed by atoms with E-state index in [2.05, 4.69) is 65.4 Å². The minimum atomic E-state index is -0.420. The smallest absolute Gasteiger partial charge is 0.141 e. The van der Waals surface area contributed by atoms with Crippen molar-refractivity contribution in [3.05, 3.63) is 89.2 Å². The van der Waals surface area contributed by atoms with E-state index in [1.54, 1.807) is 12.1 Å². The van der Waals surface area contributed by atoms with Crippen molar-refractivity contribution in [1.29, 1.82) is 0 Å². The predicted molar refractivity (Wildman–Crippen MR) is 108 cm³/mol. The molecule has 0 fully saturated rings. The van der Waals surface area contributed by atoms with E-state index in [1.165, 1.54) is 17.2 Å². The van der Waals surface area contributed by atoms with Gasteiger partial charge in [0.05, 0.1) is 16.4 Å². The zero-order valence-corrected chi connectivity index (χ0v) is 15.1. The number of hydrogen-bond donors (Lipinski definition) is 0. The highest BCUT2D eigenvalue weighted by molar-refractivity contribution is 7.78. The van der Waals surface area contributed by atoms with Crippen molar-refractivity contribution < 1.29 is 4.39 Å². The van der Waals surface area contributed by atoms with Gasteiger partial charge in [0.15, 0.2) is 0 Å². The minimum Gasteiger partial charge on any atom is -0.206 e. The first-order valence-corrected chi connectivity index (χ1v) is 8.69. The molecule has 0 aromatic heterocycles. The van der Waals surface area contributed by atoms with Crippen LogP contribution in [0, 0.1) is 17.7 Å². The van der Waals surface area contributed by atoms with Crippen LogP contribution in [0.5, 0.6) is 0 Å². The monoisotopic (exact) mass is 357 g/mol.